The number of benzene rings is 2. The molecule has 0 saturated heterocycles. The molecule has 2 heterocycles. The monoisotopic (exact) mass is 367 g/mol. The van der Waals surface area contributed by atoms with Crippen LogP contribution in [0.4, 0.5) is 0 Å². The van der Waals surface area contributed by atoms with Crippen LogP contribution < -0.4 is 9.47 Å². The molecule has 0 spiro atoms. The minimum atomic E-state index is 0.331. The van der Waals surface area contributed by atoms with Gasteiger partial charge in [-0.25, -0.2) is 15.0 Å². The average Bonchev–Trinajstić information content (AvgIpc) is 2.76. The number of nitrogens with zero attached hydrogens (tertiary/aromatic N) is 3. The van der Waals surface area contributed by atoms with Gasteiger partial charge in [-0.2, -0.15) is 0 Å². The van der Waals surface area contributed by atoms with Crippen LogP contribution in [0.3, 0.4) is 0 Å². The average molecular weight is 367 g/mol. The summed E-state index contributed by atoms with van der Waals surface area (Å²) in [4.78, 5) is 13.4. The van der Waals surface area contributed by atoms with Crippen molar-refractivity contribution in [2.24, 2.45) is 0 Å². The summed E-state index contributed by atoms with van der Waals surface area (Å²) < 4.78 is 11.2. The number of rotatable bonds is 4. The van der Waals surface area contributed by atoms with Crippen molar-refractivity contribution < 1.29 is 9.47 Å². The van der Waals surface area contributed by atoms with E-state index in [2.05, 4.69) is 26.8 Å². The van der Waals surface area contributed by atoms with Crippen LogP contribution in [0.1, 0.15) is 16.8 Å². The number of methoxy groups -OCH3 is 1. The quantitative estimate of drug-likeness (QED) is 0.510. The van der Waals surface area contributed by atoms with Crippen molar-refractivity contribution in [1.29, 1.82) is 0 Å². The smallest absolute Gasteiger partial charge is 0.250 e. The molecule has 136 valence electrons. The molecule has 0 saturated carbocycles. The topological polar surface area (TPSA) is 57.1 Å². The summed E-state index contributed by atoms with van der Waals surface area (Å²) >= 11 is 0. The molecule has 0 unspecified atom stereocenters. The first-order valence-corrected chi connectivity index (χ1v) is 8.77. The van der Waals surface area contributed by atoms with Crippen LogP contribution in [-0.4, -0.2) is 22.1 Å². The van der Waals surface area contributed by atoms with Gasteiger partial charge in [0, 0.05) is 11.8 Å². The van der Waals surface area contributed by atoms with Crippen LogP contribution in [0.15, 0.2) is 72.9 Å². The van der Waals surface area contributed by atoms with Crippen LogP contribution in [0.2, 0.25) is 0 Å². The third-order valence-electron chi connectivity index (χ3n) is 4.02. The lowest BCUT2D eigenvalue weighted by Gasteiger charge is -2.09. The van der Waals surface area contributed by atoms with E-state index in [-0.39, 0.29) is 0 Å². The summed E-state index contributed by atoms with van der Waals surface area (Å²) in [5.41, 5.74) is 3.51. The first-order valence-electron chi connectivity index (χ1n) is 8.77. The zero-order valence-corrected chi connectivity index (χ0v) is 15.3. The molecular weight excluding hydrogens is 350 g/mol. The predicted octanol–water partition coefficient (Wildman–Crippen LogP) is 4.01. The Hall–Kier alpha value is -3.91. The van der Waals surface area contributed by atoms with Crippen LogP contribution >= 0.6 is 0 Å². The summed E-state index contributed by atoms with van der Waals surface area (Å²) in [6, 6.07) is 21.1. The van der Waals surface area contributed by atoms with Crippen LogP contribution in [0.5, 0.6) is 11.6 Å². The lowest BCUT2D eigenvalue weighted by atomic mass is 10.2. The maximum Gasteiger partial charge on any atom is 0.250 e. The largest absolute Gasteiger partial charge is 0.497 e. The van der Waals surface area contributed by atoms with Gasteiger partial charge in [0.1, 0.15) is 17.9 Å². The van der Waals surface area contributed by atoms with E-state index in [1.807, 2.05) is 66.7 Å². The van der Waals surface area contributed by atoms with Crippen molar-refractivity contribution in [3.8, 4) is 23.5 Å². The van der Waals surface area contributed by atoms with Gasteiger partial charge in [0.15, 0.2) is 11.3 Å². The molecule has 0 amide bonds. The second-order valence-corrected chi connectivity index (χ2v) is 5.98. The lowest BCUT2D eigenvalue weighted by molar-refractivity contribution is 0.292. The summed E-state index contributed by atoms with van der Waals surface area (Å²) in [6.07, 6.45) is 1.68. The standard InChI is InChI=1S/C23H17N3O2/c1-27-19-10-5-9-18(15-19)16-28-23-21(13-12-17-7-3-2-4-8-17)25-22-20(26-23)11-6-14-24-22/h2-11,14-15H,16H2,1H3. The molecule has 4 aromatic rings. The van der Waals surface area contributed by atoms with Crippen LogP contribution in [0.25, 0.3) is 11.2 Å². The normalized spacial score (nSPS) is 10.2. The molecule has 0 bridgehead atoms. The number of pyridine rings is 1. The van der Waals surface area contributed by atoms with E-state index in [9.17, 15) is 0 Å². The molecule has 0 radical (unpaired) electrons. The highest BCUT2D eigenvalue weighted by Gasteiger charge is 2.10. The molecular formula is C23H17N3O2. The van der Waals surface area contributed by atoms with Gasteiger partial charge >= 0.3 is 0 Å². The third-order valence-corrected chi connectivity index (χ3v) is 4.02. The fourth-order valence-electron chi connectivity index (χ4n) is 2.63. The van der Waals surface area contributed by atoms with Gasteiger partial charge in [-0.3, -0.25) is 0 Å². The zero-order valence-electron chi connectivity index (χ0n) is 15.3. The third kappa shape index (κ3) is 4.08. The summed E-state index contributed by atoms with van der Waals surface area (Å²) in [6.45, 7) is 0.331. The Labute approximate surface area is 163 Å². The van der Waals surface area contributed by atoms with Crippen molar-refractivity contribution in [3.63, 3.8) is 0 Å². The number of hydrogen-bond acceptors (Lipinski definition) is 5. The molecule has 2 aromatic carbocycles. The predicted molar refractivity (Wildman–Crippen MR) is 107 cm³/mol. The van der Waals surface area contributed by atoms with Crippen molar-refractivity contribution in [3.05, 3.63) is 89.7 Å². The highest BCUT2D eigenvalue weighted by molar-refractivity contribution is 5.71. The Morgan fingerprint density at radius 1 is 0.893 bits per heavy atom. The Morgan fingerprint density at radius 2 is 1.79 bits per heavy atom. The fourth-order valence-corrected chi connectivity index (χ4v) is 2.63. The van der Waals surface area contributed by atoms with Gasteiger partial charge in [0.25, 0.3) is 0 Å². The highest BCUT2D eigenvalue weighted by Crippen LogP contribution is 2.20. The number of hydrogen-bond donors (Lipinski definition) is 0. The number of ether oxygens (including phenoxy) is 2. The molecule has 0 N–H and O–H groups in total. The summed E-state index contributed by atoms with van der Waals surface area (Å²) in [7, 11) is 1.64. The molecule has 0 atom stereocenters. The SMILES string of the molecule is COc1cccc(COc2nc3cccnc3nc2C#Cc2ccccc2)c1. The molecule has 4 rings (SSSR count). The van der Waals surface area contributed by atoms with Crippen molar-refractivity contribution in [1.82, 2.24) is 15.0 Å². The zero-order chi connectivity index (χ0) is 19.2. The molecule has 0 aliphatic rings. The summed E-state index contributed by atoms with van der Waals surface area (Å²) in [5.74, 6) is 7.33. The molecule has 0 aliphatic carbocycles. The maximum atomic E-state index is 5.96. The maximum absolute atomic E-state index is 5.96. The molecule has 5 nitrogen and oxygen atoms in total. The fraction of sp³-hybridized carbons (Fsp3) is 0.0870. The minimum Gasteiger partial charge on any atom is -0.497 e. The lowest BCUT2D eigenvalue weighted by Crippen LogP contribution is -2.02. The van der Waals surface area contributed by atoms with E-state index < -0.39 is 0 Å². The van der Waals surface area contributed by atoms with E-state index in [4.69, 9.17) is 9.47 Å². The van der Waals surface area contributed by atoms with Gasteiger partial charge < -0.3 is 9.47 Å². The Morgan fingerprint density at radius 3 is 2.64 bits per heavy atom. The van der Waals surface area contributed by atoms with Crippen molar-refractivity contribution in [2.75, 3.05) is 7.11 Å². The van der Waals surface area contributed by atoms with Gasteiger partial charge in [0.05, 0.1) is 7.11 Å². The Balaban J connectivity index is 1.68. The van der Waals surface area contributed by atoms with E-state index in [1.165, 1.54) is 0 Å². The molecule has 0 aliphatic heterocycles. The first-order chi connectivity index (χ1) is 13.8. The molecule has 28 heavy (non-hydrogen) atoms. The molecule has 5 heteroatoms. The van der Waals surface area contributed by atoms with E-state index in [1.54, 1.807) is 13.3 Å². The van der Waals surface area contributed by atoms with Crippen molar-refractivity contribution in [2.45, 2.75) is 6.61 Å². The molecule has 0 fully saturated rings. The number of fused-ring (bicyclic) bond motifs is 1. The van der Waals surface area contributed by atoms with Gasteiger partial charge in [-0.1, -0.05) is 36.3 Å². The van der Waals surface area contributed by atoms with Crippen LogP contribution in [-0.2, 0) is 6.61 Å². The second kappa shape index (κ2) is 8.19. The van der Waals surface area contributed by atoms with Crippen LogP contribution in [0, 0.1) is 11.8 Å². The summed E-state index contributed by atoms with van der Waals surface area (Å²) in [5, 5.41) is 0. The number of aromatic nitrogens is 3. The molecule has 2 aromatic heterocycles. The van der Waals surface area contributed by atoms with E-state index in [0.717, 1.165) is 16.9 Å². The first kappa shape index (κ1) is 17.5. The van der Waals surface area contributed by atoms with E-state index in [0.29, 0.717) is 29.3 Å². The van der Waals surface area contributed by atoms with Gasteiger partial charge in [-0.05, 0) is 47.9 Å². The Bertz CT molecular complexity index is 1160. The highest BCUT2D eigenvalue weighted by atomic mass is 16.5. The Kier molecular flexibility index (Phi) is 5.12. The van der Waals surface area contributed by atoms with E-state index >= 15 is 0 Å². The second-order valence-electron chi connectivity index (χ2n) is 5.98. The van der Waals surface area contributed by atoms with Gasteiger partial charge in [-0.15, -0.1) is 0 Å². The minimum absolute atomic E-state index is 0.331. The van der Waals surface area contributed by atoms with Crippen molar-refractivity contribution >= 4 is 11.2 Å². The van der Waals surface area contributed by atoms with Gasteiger partial charge in [0.2, 0.25) is 5.88 Å².